The van der Waals surface area contributed by atoms with Crippen LogP contribution in [0.3, 0.4) is 0 Å². The van der Waals surface area contributed by atoms with Crippen LogP contribution in [0.1, 0.15) is 16.8 Å². The van der Waals surface area contributed by atoms with Crippen LogP contribution in [-0.4, -0.2) is 21.3 Å². The van der Waals surface area contributed by atoms with Crippen molar-refractivity contribution in [3.05, 3.63) is 71.7 Å². The number of rotatable bonds is 4. The summed E-state index contributed by atoms with van der Waals surface area (Å²) in [5.74, 6) is 0.909. The Morgan fingerprint density at radius 2 is 2.08 bits per heavy atom. The summed E-state index contributed by atoms with van der Waals surface area (Å²) >= 11 is 0. The highest BCUT2D eigenvalue weighted by Gasteiger charge is 2.13. The largest absolute Gasteiger partial charge is 0.381 e. The number of aryl methyl sites for hydroxylation is 1. The summed E-state index contributed by atoms with van der Waals surface area (Å²) in [6.45, 7) is 3.60. The van der Waals surface area contributed by atoms with Gasteiger partial charge in [0.25, 0.3) is 0 Å². The molecule has 0 fully saturated rings. The van der Waals surface area contributed by atoms with E-state index in [2.05, 4.69) is 51.2 Å². The summed E-state index contributed by atoms with van der Waals surface area (Å²) < 4.78 is 1.94. The molecule has 2 aromatic heterocycles. The lowest BCUT2D eigenvalue weighted by molar-refractivity contribution is 0.857. The normalized spacial score (nSPS) is 12.5. The lowest BCUT2D eigenvalue weighted by Gasteiger charge is -2.15. The van der Waals surface area contributed by atoms with Gasteiger partial charge in [0.05, 0.1) is 11.4 Å². The first-order valence-electron chi connectivity index (χ1n) is 8.05. The van der Waals surface area contributed by atoms with Crippen LogP contribution in [-0.2, 0) is 6.54 Å². The molecule has 0 spiro atoms. The number of hydrogen-bond acceptors (Lipinski definition) is 4. The summed E-state index contributed by atoms with van der Waals surface area (Å²) in [4.78, 5) is 4.39. The third-order valence-electron chi connectivity index (χ3n) is 4.14. The van der Waals surface area contributed by atoms with Crippen LogP contribution in [0.2, 0.25) is 0 Å². The molecular formula is C19H19N5. The van der Waals surface area contributed by atoms with E-state index in [1.54, 1.807) is 0 Å². The SMILES string of the molecule is Cc1nn(-c2ccnc3c2C=CCN3)cc1CNc1ccccc1. The summed E-state index contributed by atoms with van der Waals surface area (Å²) in [5, 5.41) is 11.4. The molecule has 1 aromatic carbocycles. The van der Waals surface area contributed by atoms with E-state index in [9.17, 15) is 0 Å². The number of fused-ring (bicyclic) bond motifs is 1. The topological polar surface area (TPSA) is 54.8 Å². The van der Waals surface area contributed by atoms with E-state index < -0.39 is 0 Å². The van der Waals surface area contributed by atoms with Crippen molar-refractivity contribution in [1.82, 2.24) is 14.8 Å². The smallest absolute Gasteiger partial charge is 0.135 e. The van der Waals surface area contributed by atoms with Crippen molar-refractivity contribution in [2.75, 3.05) is 17.2 Å². The van der Waals surface area contributed by atoms with E-state index in [-0.39, 0.29) is 0 Å². The van der Waals surface area contributed by atoms with Gasteiger partial charge in [0, 0.05) is 42.3 Å². The number of aromatic nitrogens is 3. The zero-order valence-electron chi connectivity index (χ0n) is 13.5. The fourth-order valence-corrected chi connectivity index (χ4v) is 2.85. The van der Waals surface area contributed by atoms with E-state index in [0.717, 1.165) is 41.5 Å². The van der Waals surface area contributed by atoms with Crippen molar-refractivity contribution in [3.63, 3.8) is 0 Å². The molecule has 0 amide bonds. The van der Waals surface area contributed by atoms with Crippen LogP contribution in [0.15, 0.2) is 54.9 Å². The number of benzene rings is 1. The molecular weight excluding hydrogens is 298 g/mol. The van der Waals surface area contributed by atoms with Gasteiger partial charge >= 0.3 is 0 Å². The summed E-state index contributed by atoms with van der Waals surface area (Å²) in [5.41, 5.74) is 5.43. The molecule has 5 nitrogen and oxygen atoms in total. The molecule has 2 N–H and O–H groups in total. The second-order valence-electron chi connectivity index (χ2n) is 5.78. The summed E-state index contributed by atoms with van der Waals surface area (Å²) in [6, 6.07) is 12.2. The van der Waals surface area contributed by atoms with Crippen molar-refractivity contribution >= 4 is 17.6 Å². The Labute approximate surface area is 141 Å². The number of anilines is 2. The van der Waals surface area contributed by atoms with Gasteiger partial charge in [-0.3, -0.25) is 0 Å². The highest BCUT2D eigenvalue weighted by atomic mass is 15.3. The van der Waals surface area contributed by atoms with Gasteiger partial charge < -0.3 is 10.6 Å². The van der Waals surface area contributed by atoms with Gasteiger partial charge in [0.15, 0.2) is 0 Å². The molecule has 4 rings (SSSR count). The van der Waals surface area contributed by atoms with Gasteiger partial charge in [-0.25, -0.2) is 9.67 Å². The number of nitrogens with one attached hydrogen (secondary N) is 2. The Balaban J connectivity index is 1.61. The van der Waals surface area contributed by atoms with Crippen LogP contribution < -0.4 is 10.6 Å². The second-order valence-corrected chi connectivity index (χ2v) is 5.78. The Morgan fingerprint density at radius 3 is 2.96 bits per heavy atom. The van der Waals surface area contributed by atoms with E-state index in [1.165, 1.54) is 5.56 Å². The molecule has 120 valence electrons. The lowest BCUT2D eigenvalue weighted by atomic mass is 10.1. The van der Waals surface area contributed by atoms with Gasteiger partial charge in [-0.15, -0.1) is 0 Å². The molecule has 0 saturated heterocycles. The summed E-state index contributed by atoms with van der Waals surface area (Å²) in [7, 11) is 0. The maximum Gasteiger partial charge on any atom is 0.135 e. The zero-order chi connectivity index (χ0) is 16.4. The minimum absolute atomic E-state index is 0.747. The van der Waals surface area contributed by atoms with Crippen molar-refractivity contribution in [2.45, 2.75) is 13.5 Å². The predicted molar refractivity (Wildman–Crippen MR) is 97.4 cm³/mol. The first-order valence-corrected chi connectivity index (χ1v) is 8.05. The third-order valence-corrected chi connectivity index (χ3v) is 4.14. The van der Waals surface area contributed by atoms with Gasteiger partial charge in [-0.1, -0.05) is 30.4 Å². The van der Waals surface area contributed by atoms with Crippen LogP contribution in [0.25, 0.3) is 11.8 Å². The molecule has 3 aromatic rings. The molecule has 1 aliphatic heterocycles. The molecule has 5 heteroatoms. The van der Waals surface area contributed by atoms with Crippen LogP contribution in [0.4, 0.5) is 11.5 Å². The average Bonchev–Trinajstić information content (AvgIpc) is 3.01. The predicted octanol–water partition coefficient (Wildman–Crippen LogP) is 3.63. The van der Waals surface area contributed by atoms with Crippen molar-refractivity contribution in [2.24, 2.45) is 0 Å². The standard InChI is InChI=1S/C19H19N5/c1-14-15(12-22-16-6-3-2-4-7-16)13-24(23-14)18-9-11-21-19-17(18)8-5-10-20-19/h2-9,11,13,22H,10,12H2,1H3,(H,20,21). The molecule has 3 heterocycles. The number of pyridine rings is 1. The van der Waals surface area contributed by atoms with Gasteiger partial charge in [0.2, 0.25) is 0 Å². The molecule has 0 radical (unpaired) electrons. The lowest BCUT2D eigenvalue weighted by Crippen LogP contribution is -2.09. The average molecular weight is 317 g/mol. The number of para-hydroxylation sites is 1. The van der Waals surface area contributed by atoms with Crippen LogP contribution in [0.5, 0.6) is 0 Å². The first-order chi connectivity index (χ1) is 11.8. The van der Waals surface area contributed by atoms with E-state index >= 15 is 0 Å². The Morgan fingerprint density at radius 1 is 1.21 bits per heavy atom. The monoisotopic (exact) mass is 317 g/mol. The van der Waals surface area contributed by atoms with Crippen LogP contribution >= 0.6 is 0 Å². The van der Waals surface area contributed by atoms with Crippen molar-refractivity contribution in [1.29, 1.82) is 0 Å². The second kappa shape index (κ2) is 6.20. The molecule has 0 unspecified atom stereocenters. The van der Waals surface area contributed by atoms with E-state index in [4.69, 9.17) is 0 Å². The van der Waals surface area contributed by atoms with Crippen molar-refractivity contribution in [3.8, 4) is 5.69 Å². The maximum absolute atomic E-state index is 4.69. The molecule has 0 atom stereocenters. The fraction of sp³-hybridized carbons (Fsp3) is 0.158. The molecule has 0 saturated carbocycles. The molecule has 24 heavy (non-hydrogen) atoms. The minimum Gasteiger partial charge on any atom is -0.381 e. The number of nitrogens with zero attached hydrogens (tertiary/aromatic N) is 3. The van der Waals surface area contributed by atoms with Crippen LogP contribution in [0, 0.1) is 6.92 Å². The Kier molecular flexibility index (Phi) is 3.75. The maximum atomic E-state index is 4.69. The third kappa shape index (κ3) is 2.76. The number of hydrogen-bond donors (Lipinski definition) is 2. The summed E-state index contributed by atoms with van der Waals surface area (Å²) in [6.07, 6.45) is 8.11. The van der Waals surface area contributed by atoms with Gasteiger partial charge in [0.1, 0.15) is 5.82 Å². The highest BCUT2D eigenvalue weighted by molar-refractivity contribution is 5.73. The van der Waals surface area contributed by atoms with E-state index in [0.29, 0.717) is 0 Å². The molecule has 0 aliphatic carbocycles. The zero-order valence-corrected chi connectivity index (χ0v) is 13.5. The van der Waals surface area contributed by atoms with Gasteiger partial charge in [-0.2, -0.15) is 5.10 Å². The highest BCUT2D eigenvalue weighted by Crippen LogP contribution is 2.25. The molecule has 1 aliphatic rings. The first kappa shape index (κ1) is 14.5. The molecule has 0 bridgehead atoms. The quantitative estimate of drug-likeness (QED) is 0.771. The van der Waals surface area contributed by atoms with Crippen molar-refractivity contribution < 1.29 is 0 Å². The Bertz CT molecular complexity index is 880. The minimum atomic E-state index is 0.747. The van der Waals surface area contributed by atoms with E-state index in [1.807, 2.05) is 42.1 Å². The fourth-order valence-electron chi connectivity index (χ4n) is 2.85. The Hall–Kier alpha value is -3.08. The van der Waals surface area contributed by atoms with Gasteiger partial charge in [-0.05, 0) is 25.1 Å².